The number of hydrogen-bond acceptors (Lipinski definition) is 3. The first-order chi connectivity index (χ1) is 14.4. The third kappa shape index (κ3) is 4.14. The van der Waals surface area contributed by atoms with Crippen molar-refractivity contribution in [3.05, 3.63) is 96.6 Å². The van der Waals surface area contributed by atoms with Crippen molar-refractivity contribution >= 4 is 18.7 Å². The Morgan fingerprint density at radius 1 is 0.667 bits per heavy atom. The van der Waals surface area contributed by atoms with Gasteiger partial charge in [-0.1, -0.05) is 112 Å². The van der Waals surface area contributed by atoms with Crippen LogP contribution in [0.25, 0.3) is 0 Å². The van der Waals surface area contributed by atoms with Crippen molar-refractivity contribution in [2.75, 3.05) is 19.8 Å². The van der Waals surface area contributed by atoms with Crippen LogP contribution in [-0.4, -0.2) is 38.4 Å². The monoisotopic (exact) mass is 420 g/mol. The second-order valence-electron chi connectivity index (χ2n) is 8.91. The summed E-state index contributed by atoms with van der Waals surface area (Å²) in [4.78, 5) is 0. The molecule has 3 rings (SSSR count). The summed E-state index contributed by atoms with van der Waals surface area (Å²) in [5.74, 6) is 0. The second-order valence-corrected chi connectivity index (χ2v) is 13.2. The maximum atomic E-state index is 10.3. The highest BCUT2D eigenvalue weighted by atomic mass is 28.4. The molecule has 0 amide bonds. The summed E-state index contributed by atoms with van der Waals surface area (Å²) in [5.41, 5.74) is 0.0156. The zero-order valence-corrected chi connectivity index (χ0v) is 19.1. The molecule has 0 aliphatic heterocycles. The molecule has 0 fully saturated rings. The van der Waals surface area contributed by atoms with Gasteiger partial charge in [0, 0.05) is 6.61 Å². The quantitative estimate of drug-likeness (QED) is 0.549. The highest BCUT2D eigenvalue weighted by molar-refractivity contribution is 6.99. The molecule has 2 N–H and O–H groups in total. The Balaban J connectivity index is 2.14. The molecule has 3 aromatic carbocycles. The van der Waals surface area contributed by atoms with E-state index in [1.54, 1.807) is 0 Å². The molecule has 0 saturated heterocycles. The summed E-state index contributed by atoms with van der Waals surface area (Å²) in [6.07, 6.45) is 0. The van der Waals surface area contributed by atoms with Gasteiger partial charge in [-0.2, -0.15) is 0 Å². The summed E-state index contributed by atoms with van der Waals surface area (Å²) < 4.78 is 6.99. The molecule has 0 aliphatic carbocycles. The van der Waals surface area contributed by atoms with E-state index < -0.39 is 13.7 Å². The van der Waals surface area contributed by atoms with Crippen molar-refractivity contribution in [2.24, 2.45) is 0 Å². The van der Waals surface area contributed by atoms with Crippen LogP contribution in [0.5, 0.6) is 0 Å². The Kier molecular flexibility index (Phi) is 6.94. The smallest absolute Gasteiger partial charge is 0.261 e. The molecule has 0 aliphatic rings. The van der Waals surface area contributed by atoms with Crippen molar-refractivity contribution in [1.82, 2.24) is 0 Å². The summed E-state index contributed by atoms with van der Waals surface area (Å²) >= 11 is 0. The van der Waals surface area contributed by atoms with E-state index in [0.717, 1.165) is 5.56 Å². The van der Waals surface area contributed by atoms with E-state index in [1.165, 1.54) is 10.4 Å². The molecule has 158 valence electrons. The molecule has 0 unspecified atom stereocenters. The minimum atomic E-state index is -2.75. The SMILES string of the molecule is CC(C)(C)[Si](OCC(CO)(CO)c1ccccc1)(c1ccccc1)c1ccccc1. The van der Waals surface area contributed by atoms with E-state index >= 15 is 0 Å². The largest absolute Gasteiger partial charge is 0.406 e. The maximum Gasteiger partial charge on any atom is 0.261 e. The normalized spacial score (nSPS) is 12.7. The first kappa shape index (κ1) is 22.4. The number of hydrogen-bond donors (Lipinski definition) is 2. The number of benzene rings is 3. The van der Waals surface area contributed by atoms with Crippen molar-refractivity contribution in [3.8, 4) is 0 Å². The summed E-state index contributed by atoms with van der Waals surface area (Å²) in [7, 11) is -2.75. The molecule has 0 heterocycles. The Morgan fingerprint density at radius 3 is 1.43 bits per heavy atom. The van der Waals surface area contributed by atoms with Crippen LogP contribution in [0.15, 0.2) is 91.0 Å². The fourth-order valence-corrected chi connectivity index (χ4v) is 8.86. The first-order valence-corrected chi connectivity index (χ1v) is 12.3. The molecule has 3 aromatic rings. The van der Waals surface area contributed by atoms with E-state index in [9.17, 15) is 10.2 Å². The summed E-state index contributed by atoms with van der Waals surface area (Å²) in [6.45, 7) is 6.53. The molecule has 30 heavy (non-hydrogen) atoms. The third-order valence-electron chi connectivity index (χ3n) is 5.97. The van der Waals surface area contributed by atoms with Gasteiger partial charge >= 0.3 is 0 Å². The molecular weight excluding hydrogens is 388 g/mol. The standard InChI is InChI=1S/C26H32O3Si/c1-25(2,3)30(23-15-9-5-10-16-23,24-17-11-6-12-18-24)29-21-26(19-27,20-28)22-13-7-4-8-14-22/h4-18,27-28H,19-21H2,1-3H3. The summed E-state index contributed by atoms with van der Waals surface area (Å²) in [6, 6.07) is 30.5. The van der Waals surface area contributed by atoms with Crippen LogP contribution in [0, 0.1) is 0 Å². The van der Waals surface area contributed by atoms with Crippen molar-refractivity contribution in [2.45, 2.75) is 31.2 Å². The van der Waals surface area contributed by atoms with Gasteiger partial charge in [0.1, 0.15) is 0 Å². The van der Waals surface area contributed by atoms with Gasteiger partial charge in [0.25, 0.3) is 8.32 Å². The molecular formula is C26H32O3Si. The average Bonchev–Trinajstić information content (AvgIpc) is 2.78. The Hall–Kier alpha value is -2.24. The second kappa shape index (κ2) is 9.27. The molecule has 4 heteroatoms. The molecule has 0 atom stereocenters. The molecule has 0 saturated carbocycles. The zero-order chi connectivity index (χ0) is 21.7. The molecule has 0 spiro atoms. The Bertz CT molecular complexity index is 862. The number of rotatable bonds is 8. The minimum Gasteiger partial charge on any atom is -0.406 e. The number of aliphatic hydroxyl groups is 2. The lowest BCUT2D eigenvalue weighted by Gasteiger charge is -2.45. The van der Waals surface area contributed by atoms with E-state index in [-0.39, 0.29) is 24.9 Å². The molecule has 0 bridgehead atoms. The van der Waals surface area contributed by atoms with Crippen LogP contribution in [-0.2, 0) is 9.84 Å². The van der Waals surface area contributed by atoms with E-state index in [4.69, 9.17) is 4.43 Å². The predicted molar refractivity (Wildman–Crippen MR) is 126 cm³/mol. The number of aliphatic hydroxyl groups excluding tert-OH is 2. The van der Waals surface area contributed by atoms with Gasteiger partial charge in [0.05, 0.1) is 18.6 Å². The lowest BCUT2D eigenvalue weighted by atomic mass is 9.83. The average molecular weight is 421 g/mol. The summed E-state index contributed by atoms with van der Waals surface area (Å²) in [5, 5.41) is 22.9. The van der Waals surface area contributed by atoms with Crippen LogP contribution < -0.4 is 10.4 Å². The van der Waals surface area contributed by atoms with Crippen molar-refractivity contribution in [1.29, 1.82) is 0 Å². The van der Waals surface area contributed by atoms with Gasteiger partial charge in [0.15, 0.2) is 0 Å². The Labute approximate surface area is 181 Å². The first-order valence-electron chi connectivity index (χ1n) is 10.4. The third-order valence-corrected chi connectivity index (χ3v) is 11.0. The van der Waals surface area contributed by atoms with Crippen molar-refractivity contribution < 1.29 is 14.6 Å². The lowest BCUT2D eigenvalue weighted by molar-refractivity contribution is 0.0694. The van der Waals surface area contributed by atoms with Crippen LogP contribution in [0.1, 0.15) is 26.3 Å². The van der Waals surface area contributed by atoms with Gasteiger partial charge < -0.3 is 14.6 Å². The van der Waals surface area contributed by atoms with Gasteiger partial charge in [-0.05, 0) is 21.0 Å². The fraction of sp³-hybridized carbons (Fsp3) is 0.308. The molecule has 0 aromatic heterocycles. The Morgan fingerprint density at radius 2 is 1.07 bits per heavy atom. The van der Waals surface area contributed by atoms with E-state index in [2.05, 4.69) is 69.3 Å². The maximum absolute atomic E-state index is 10.3. The zero-order valence-electron chi connectivity index (χ0n) is 18.1. The van der Waals surface area contributed by atoms with E-state index in [0.29, 0.717) is 0 Å². The predicted octanol–water partition coefficient (Wildman–Crippen LogP) is 3.49. The lowest BCUT2D eigenvalue weighted by Crippen LogP contribution is -2.67. The van der Waals surface area contributed by atoms with Gasteiger partial charge in [-0.3, -0.25) is 0 Å². The topological polar surface area (TPSA) is 49.7 Å². The van der Waals surface area contributed by atoms with E-state index in [1.807, 2.05) is 42.5 Å². The van der Waals surface area contributed by atoms with Crippen LogP contribution >= 0.6 is 0 Å². The van der Waals surface area contributed by atoms with Gasteiger partial charge in [0.2, 0.25) is 0 Å². The molecule has 3 nitrogen and oxygen atoms in total. The van der Waals surface area contributed by atoms with Crippen LogP contribution in [0.4, 0.5) is 0 Å². The fourth-order valence-electron chi connectivity index (χ4n) is 4.21. The highest BCUT2D eigenvalue weighted by Gasteiger charge is 2.51. The van der Waals surface area contributed by atoms with Crippen LogP contribution in [0.3, 0.4) is 0 Å². The van der Waals surface area contributed by atoms with Gasteiger partial charge in [-0.15, -0.1) is 0 Å². The minimum absolute atomic E-state index is 0.164. The van der Waals surface area contributed by atoms with Crippen molar-refractivity contribution in [3.63, 3.8) is 0 Å². The van der Waals surface area contributed by atoms with Crippen LogP contribution in [0.2, 0.25) is 5.04 Å². The highest BCUT2D eigenvalue weighted by Crippen LogP contribution is 2.38. The molecule has 0 radical (unpaired) electrons. The van der Waals surface area contributed by atoms with Gasteiger partial charge in [-0.25, -0.2) is 0 Å².